The molecule has 1 amide bonds. The molecule has 3 N–H and O–H groups in total. The van der Waals surface area contributed by atoms with Crippen molar-refractivity contribution in [1.82, 2.24) is 0 Å². The number of primary amides is 1. The van der Waals surface area contributed by atoms with Gasteiger partial charge in [-0.2, -0.15) is 0 Å². The number of hydrogen-bond donors (Lipinski definition) is 2. The minimum atomic E-state index is -1.34. The van der Waals surface area contributed by atoms with Gasteiger partial charge in [-0.1, -0.05) is 30.3 Å². The van der Waals surface area contributed by atoms with E-state index in [1.807, 2.05) is 18.2 Å². The van der Waals surface area contributed by atoms with Crippen molar-refractivity contribution in [2.75, 3.05) is 7.11 Å². The van der Waals surface area contributed by atoms with Crippen molar-refractivity contribution in [3.63, 3.8) is 0 Å². The molecule has 1 aromatic rings. The molecule has 1 atom stereocenters. The summed E-state index contributed by atoms with van der Waals surface area (Å²) in [7, 11) is 1.49. The lowest BCUT2D eigenvalue weighted by Gasteiger charge is -2.32. The van der Waals surface area contributed by atoms with Gasteiger partial charge in [-0.25, -0.2) is 0 Å². The van der Waals surface area contributed by atoms with Crippen molar-refractivity contribution in [3.05, 3.63) is 59.4 Å². The summed E-state index contributed by atoms with van der Waals surface area (Å²) in [4.78, 5) is 11.2. The highest BCUT2D eigenvalue weighted by atomic mass is 16.5. The molecule has 0 spiro atoms. The van der Waals surface area contributed by atoms with Crippen LogP contribution in [0.3, 0.4) is 0 Å². The van der Waals surface area contributed by atoms with Gasteiger partial charge in [0.05, 0.1) is 7.11 Å². The van der Waals surface area contributed by atoms with E-state index in [0.717, 1.165) is 0 Å². The van der Waals surface area contributed by atoms with E-state index in [0.29, 0.717) is 16.9 Å². The second-order valence-electron chi connectivity index (χ2n) is 4.19. The van der Waals surface area contributed by atoms with Gasteiger partial charge in [0.1, 0.15) is 5.76 Å². The van der Waals surface area contributed by atoms with Crippen LogP contribution in [0.5, 0.6) is 0 Å². The second kappa shape index (κ2) is 4.66. The number of aliphatic hydroxyl groups is 1. The molecule has 1 aliphatic carbocycles. The number of carbonyl (C=O) groups excluding carboxylic acids is 1. The Hall–Kier alpha value is -2.07. The standard InChI is InChI=1S/C14H15NO3/c1-18-12-8-7-10(13(15)16)9-14(12,17)11-5-3-2-4-6-11/h2-8,17H,9H2,1H3,(H2,15,16). The molecule has 1 aromatic carbocycles. The van der Waals surface area contributed by atoms with Crippen molar-refractivity contribution < 1.29 is 14.6 Å². The second-order valence-corrected chi connectivity index (χ2v) is 4.19. The molecule has 0 fully saturated rings. The van der Waals surface area contributed by atoms with Crippen LogP contribution in [0, 0.1) is 0 Å². The van der Waals surface area contributed by atoms with Crippen LogP contribution in [0.1, 0.15) is 12.0 Å². The Bertz CT molecular complexity index is 519. The fraction of sp³-hybridized carbons (Fsp3) is 0.214. The molecule has 0 aromatic heterocycles. The smallest absolute Gasteiger partial charge is 0.244 e. The van der Waals surface area contributed by atoms with E-state index in [2.05, 4.69) is 0 Å². The first-order chi connectivity index (χ1) is 8.58. The van der Waals surface area contributed by atoms with E-state index in [-0.39, 0.29) is 6.42 Å². The summed E-state index contributed by atoms with van der Waals surface area (Å²) in [5.41, 5.74) is 4.97. The van der Waals surface area contributed by atoms with E-state index >= 15 is 0 Å². The Kier molecular flexibility index (Phi) is 3.21. The van der Waals surface area contributed by atoms with Crippen LogP contribution in [0.25, 0.3) is 0 Å². The topological polar surface area (TPSA) is 72.5 Å². The third-order valence-electron chi connectivity index (χ3n) is 3.08. The first kappa shape index (κ1) is 12.4. The number of methoxy groups -OCH3 is 1. The highest BCUT2D eigenvalue weighted by Gasteiger charge is 2.38. The average Bonchev–Trinajstić information content (AvgIpc) is 2.39. The minimum Gasteiger partial charge on any atom is -0.498 e. The summed E-state index contributed by atoms with van der Waals surface area (Å²) >= 11 is 0. The van der Waals surface area contributed by atoms with E-state index < -0.39 is 11.5 Å². The molecule has 94 valence electrons. The normalized spacial score (nSPS) is 23.0. The van der Waals surface area contributed by atoms with E-state index in [4.69, 9.17) is 10.5 Å². The number of allylic oxidation sites excluding steroid dienone is 2. The minimum absolute atomic E-state index is 0.117. The highest BCUT2D eigenvalue weighted by molar-refractivity contribution is 5.92. The Morgan fingerprint density at radius 3 is 2.56 bits per heavy atom. The van der Waals surface area contributed by atoms with Crippen LogP contribution in [0.4, 0.5) is 0 Å². The number of rotatable bonds is 3. The lowest BCUT2D eigenvalue weighted by atomic mass is 9.82. The molecule has 4 nitrogen and oxygen atoms in total. The van der Waals surface area contributed by atoms with Gasteiger partial charge in [-0.05, 0) is 17.7 Å². The van der Waals surface area contributed by atoms with Crippen molar-refractivity contribution in [1.29, 1.82) is 0 Å². The van der Waals surface area contributed by atoms with Crippen LogP contribution in [0.2, 0.25) is 0 Å². The van der Waals surface area contributed by atoms with Gasteiger partial charge < -0.3 is 15.6 Å². The van der Waals surface area contributed by atoms with Gasteiger partial charge in [-0.3, -0.25) is 4.79 Å². The lowest BCUT2D eigenvalue weighted by Crippen LogP contribution is -2.34. The number of hydrogen-bond acceptors (Lipinski definition) is 3. The maximum atomic E-state index is 11.2. The van der Waals surface area contributed by atoms with Crippen LogP contribution in [0.15, 0.2) is 53.8 Å². The molecule has 0 bridgehead atoms. The van der Waals surface area contributed by atoms with Gasteiger partial charge in [0.15, 0.2) is 5.60 Å². The molecule has 0 saturated carbocycles. The van der Waals surface area contributed by atoms with Gasteiger partial charge in [0, 0.05) is 12.0 Å². The summed E-state index contributed by atoms with van der Waals surface area (Å²) in [5.74, 6) is -0.130. The van der Waals surface area contributed by atoms with E-state index in [1.165, 1.54) is 7.11 Å². The monoisotopic (exact) mass is 245 g/mol. The van der Waals surface area contributed by atoms with Gasteiger partial charge >= 0.3 is 0 Å². The van der Waals surface area contributed by atoms with Gasteiger partial charge in [0.25, 0.3) is 0 Å². The molecular weight excluding hydrogens is 230 g/mol. The third-order valence-corrected chi connectivity index (χ3v) is 3.08. The van der Waals surface area contributed by atoms with Crippen LogP contribution >= 0.6 is 0 Å². The summed E-state index contributed by atoms with van der Waals surface area (Å²) < 4.78 is 5.20. The number of carbonyl (C=O) groups is 1. The molecule has 1 aliphatic rings. The number of ether oxygens (including phenoxy) is 1. The summed E-state index contributed by atoms with van der Waals surface area (Å²) in [5, 5.41) is 10.8. The molecule has 1 unspecified atom stereocenters. The number of amides is 1. The first-order valence-corrected chi connectivity index (χ1v) is 5.61. The van der Waals surface area contributed by atoms with Crippen molar-refractivity contribution in [2.45, 2.75) is 12.0 Å². The zero-order chi connectivity index (χ0) is 13.2. The Morgan fingerprint density at radius 2 is 2.00 bits per heavy atom. The zero-order valence-electron chi connectivity index (χ0n) is 10.1. The maximum Gasteiger partial charge on any atom is 0.244 e. The van der Waals surface area contributed by atoms with Crippen molar-refractivity contribution in [2.24, 2.45) is 5.73 Å². The third kappa shape index (κ3) is 2.02. The zero-order valence-corrected chi connectivity index (χ0v) is 10.1. The maximum absolute atomic E-state index is 11.2. The Morgan fingerprint density at radius 1 is 1.33 bits per heavy atom. The number of benzene rings is 1. The SMILES string of the molecule is COC1=CC=C(C(N)=O)CC1(O)c1ccccc1. The first-order valence-electron chi connectivity index (χ1n) is 5.61. The average molecular weight is 245 g/mol. The largest absolute Gasteiger partial charge is 0.498 e. The molecule has 0 aliphatic heterocycles. The molecule has 0 heterocycles. The summed E-state index contributed by atoms with van der Waals surface area (Å²) in [6, 6.07) is 9.08. The van der Waals surface area contributed by atoms with Crippen LogP contribution in [-0.4, -0.2) is 18.1 Å². The molecule has 4 heteroatoms. The fourth-order valence-corrected chi connectivity index (χ4v) is 2.10. The molecule has 2 rings (SSSR count). The number of nitrogens with two attached hydrogens (primary N) is 1. The molecule has 0 saturated heterocycles. The summed E-state index contributed by atoms with van der Waals surface area (Å²) in [6.07, 6.45) is 3.28. The fourth-order valence-electron chi connectivity index (χ4n) is 2.10. The van der Waals surface area contributed by atoms with E-state index in [1.54, 1.807) is 24.3 Å². The van der Waals surface area contributed by atoms with Crippen LogP contribution < -0.4 is 5.73 Å². The van der Waals surface area contributed by atoms with Crippen molar-refractivity contribution in [3.8, 4) is 0 Å². The lowest BCUT2D eigenvalue weighted by molar-refractivity contribution is -0.115. The van der Waals surface area contributed by atoms with Gasteiger partial charge in [0.2, 0.25) is 5.91 Å². The Labute approximate surface area is 105 Å². The summed E-state index contributed by atoms with van der Waals surface area (Å²) in [6.45, 7) is 0. The molecule has 0 radical (unpaired) electrons. The Balaban J connectivity index is 2.47. The van der Waals surface area contributed by atoms with E-state index in [9.17, 15) is 9.90 Å². The quantitative estimate of drug-likeness (QED) is 0.841. The van der Waals surface area contributed by atoms with Crippen molar-refractivity contribution >= 4 is 5.91 Å². The van der Waals surface area contributed by atoms with Gasteiger partial charge in [-0.15, -0.1) is 0 Å². The highest BCUT2D eigenvalue weighted by Crippen LogP contribution is 2.38. The predicted molar refractivity (Wildman–Crippen MR) is 67.3 cm³/mol. The predicted octanol–water partition coefficient (Wildman–Crippen LogP) is 1.22. The molecular formula is C14H15NO3. The van der Waals surface area contributed by atoms with Crippen LogP contribution in [-0.2, 0) is 15.1 Å². The molecule has 18 heavy (non-hydrogen) atoms.